The zero-order valence-corrected chi connectivity index (χ0v) is 13.8. The lowest BCUT2D eigenvalue weighted by Crippen LogP contribution is -2.08. The molecule has 0 saturated carbocycles. The maximum Gasteiger partial charge on any atom is 0.416 e. The Labute approximate surface area is 147 Å². The third kappa shape index (κ3) is 3.61. The van der Waals surface area contributed by atoms with Crippen LogP contribution < -0.4 is 0 Å². The zero-order chi connectivity index (χ0) is 18.7. The van der Waals surface area contributed by atoms with E-state index in [0.717, 1.165) is 12.1 Å². The molecule has 3 rings (SSSR count). The average Bonchev–Trinajstić information content (AvgIpc) is 3.08. The number of alkyl halides is 3. The Kier molecular flexibility index (Phi) is 4.79. The van der Waals surface area contributed by atoms with Crippen molar-refractivity contribution >= 4 is 5.97 Å². The normalized spacial score (nSPS) is 11.4. The van der Waals surface area contributed by atoms with Gasteiger partial charge in [0.05, 0.1) is 17.9 Å². The van der Waals surface area contributed by atoms with Crippen LogP contribution in [0.5, 0.6) is 0 Å². The van der Waals surface area contributed by atoms with Gasteiger partial charge in [0.2, 0.25) is 0 Å². The van der Waals surface area contributed by atoms with Gasteiger partial charge in [-0.15, -0.1) is 0 Å². The minimum Gasteiger partial charge on any atom is -0.461 e. The second kappa shape index (κ2) is 7.03. The highest BCUT2D eigenvalue weighted by Crippen LogP contribution is 2.31. The van der Waals surface area contributed by atoms with Gasteiger partial charge in [-0.2, -0.15) is 18.3 Å². The minimum absolute atomic E-state index is 0.0514. The summed E-state index contributed by atoms with van der Waals surface area (Å²) in [4.78, 5) is 12.2. The fourth-order valence-corrected chi connectivity index (χ4v) is 2.51. The number of carbonyl (C=O) groups excluding carboxylic acids is 1. The molecule has 0 fully saturated rings. The molecule has 134 valence electrons. The number of nitrogens with zero attached hydrogens (tertiary/aromatic N) is 2. The summed E-state index contributed by atoms with van der Waals surface area (Å²) in [6, 6.07) is 13.8. The molecular weight excluding hydrogens is 345 g/mol. The maximum absolute atomic E-state index is 13.0. The molecule has 0 aliphatic heterocycles. The van der Waals surface area contributed by atoms with Gasteiger partial charge >= 0.3 is 12.1 Å². The second-order valence-electron chi connectivity index (χ2n) is 5.47. The Balaban J connectivity index is 2.11. The van der Waals surface area contributed by atoms with E-state index in [1.807, 2.05) is 6.07 Å². The van der Waals surface area contributed by atoms with Crippen molar-refractivity contribution in [1.82, 2.24) is 9.78 Å². The molecule has 2 aromatic carbocycles. The van der Waals surface area contributed by atoms with Crippen LogP contribution in [0.1, 0.15) is 23.0 Å². The third-order valence-corrected chi connectivity index (χ3v) is 3.71. The molecule has 0 aliphatic carbocycles. The highest BCUT2D eigenvalue weighted by atomic mass is 19.4. The van der Waals surface area contributed by atoms with E-state index in [4.69, 9.17) is 4.74 Å². The fraction of sp³-hybridized carbons (Fsp3) is 0.158. The Morgan fingerprint density at radius 1 is 1.12 bits per heavy atom. The minimum atomic E-state index is -4.46. The fourth-order valence-electron chi connectivity index (χ4n) is 2.51. The summed E-state index contributed by atoms with van der Waals surface area (Å²) in [7, 11) is 0. The van der Waals surface area contributed by atoms with Crippen LogP contribution in [0.3, 0.4) is 0 Å². The first-order chi connectivity index (χ1) is 12.4. The van der Waals surface area contributed by atoms with Gasteiger partial charge in [0.1, 0.15) is 0 Å². The van der Waals surface area contributed by atoms with Gasteiger partial charge in [0.25, 0.3) is 0 Å². The average molecular weight is 360 g/mol. The Morgan fingerprint density at radius 3 is 2.50 bits per heavy atom. The lowest BCUT2D eigenvalue weighted by Gasteiger charge is -2.08. The molecule has 0 N–H and O–H groups in total. The summed E-state index contributed by atoms with van der Waals surface area (Å²) in [5.41, 5.74) is 0.669. The summed E-state index contributed by atoms with van der Waals surface area (Å²) in [5.74, 6) is -0.628. The Hall–Kier alpha value is -3.09. The largest absolute Gasteiger partial charge is 0.461 e. The number of esters is 1. The van der Waals surface area contributed by atoms with Crippen molar-refractivity contribution in [3.8, 4) is 16.8 Å². The van der Waals surface area contributed by atoms with Gasteiger partial charge in [-0.1, -0.05) is 36.4 Å². The van der Waals surface area contributed by atoms with E-state index < -0.39 is 17.7 Å². The lowest BCUT2D eigenvalue weighted by molar-refractivity contribution is -0.137. The van der Waals surface area contributed by atoms with E-state index in [9.17, 15) is 18.0 Å². The summed E-state index contributed by atoms with van der Waals surface area (Å²) < 4.78 is 45.1. The SMILES string of the molecule is CCOC(=O)c1nn(-c2cccc(C(F)(F)F)c2)cc1-c1ccccc1. The van der Waals surface area contributed by atoms with Crippen molar-refractivity contribution in [2.45, 2.75) is 13.1 Å². The van der Waals surface area contributed by atoms with Crippen LogP contribution in [-0.2, 0) is 10.9 Å². The molecule has 0 spiro atoms. The molecule has 1 heterocycles. The monoisotopic (exact) mass is 360 g/mol. The topological polar surface area (TPSA) is 44.1 Å². The van der Waals surface area contributed by atoms with E-state index in [1.165, 1.54) is 23.0 Å². The molecule has 7 heteroatoms. The summed E-state index contributed by atoms with van der Waals surface area (Å²) in [6.07, 6.45) is -2.94. The summed E-state index contributed by atoms with van der Waals surface area (Å²) in [5, 5.41) is 4.17. The van der Waals surface area contributed by atoms with E-state index in [0.29, 0.717) is 11.1 Å². The highest BCUT2D eigenvalue weighted by molar-refractivity contribution is 5.95. The molecular formula is C19H15F3N2O2. The molecule has 3 aromatic rings. The molecule has 0 atom stereocenters. The van der Waals surface area contributed by atoms with Crippen LogP contribution in [0.25, 0.3) is 16.8 Å². The Morgan fingerprint density at radius 2 is 1.85 bits per heavy atom. The first-order valence-electron chi connectivity index (χ1n) is 7.90. The molecule has 0 saturated heterocycles. The first-order valence-corrected chi connectivity index (χ1v) is 7.90. The standard InChI is InChI=1S/C19H15F3N2O2/c1-2-26-18(25)17-16(13-7-4-3-5-8-13)12-24(23-17)15-10-6-9-14(11-15)19(20,21)22/h3-12H,2H2,1H3. The number of hydrogen-bond acceptors (Lipinski definition) is 3. The van der Waals surface area contributed by atoms with Gasteiger partial charge in [-0.3, -0.25) is 0 Å². The van der Waals surface area contributed by atoms with Gasteiger partial charge in [-0.05, 0) is 30.7 Å². The second-order valence-corrected chi connectivity index (χ2v) is 5.47. The van der Waals surface area contributed by atoms with Gasteiger partial charge in [0.15, 0.2) is 5.69 Å². The van der Waals surface area contributed by atoms with Crippen molar-refractivity contribution in [2.24, 2.45) is 0 Å². The predicted octanol–water partition coefficient (Wildman–Crippen LogP) is 4.73. The number of carbonyl (C=O) groups is 1. The third-order valence-electron chi connectivity index (χ3n) is 3.71. The van der Waals surface area contributed by atoms with Crippen LogP contribution in [0.2, 0.25) is 0 Å². The molecule has 0 amide bonds. The molecule has 0 unspecified atom stereocenters. The number of aromatic nitrogens is 2. The van der Waals surface area contributed by atoms with Crippen LogP contribution in [-0.4, -0.2) is 22.4 Å². The van der Waals surface area contributed by atoms with Crippen molar-refractivity contribution < 1.29 is 22.7 Å². The quantitative estimate of drug-likeness (QED) is 0.632. The Bertz CT molecular complexity index is 918. The predicted molar refractivity (Wildman–Crippen MR) is 90.0 cm³/mol. The van der Waals surface area contributed by atoms with Crippen LogP contribution in [0.4, 0.5) is 13.2 Å². The van der Waals surface area contributed by atoms with E-state index in [-0.39, 0.29) is 18.0 Å². The molecule has 4 nitrogen and oxygen atoms in total. The maximum atomic E-state index is 13.0. The summed E-state index contributed by atoms with van der Waals surface area (Å²) in [6.45, 7) is 1.84. The van der Waals surface area contributed by atoms with E-state index in [2.05, 4.69) is 5.10 Å². The number of benzene rings is 2. The molecule has 0 radical (unpaired) electrons. The smallest absolute Gasteiger partial charge is 0.416 e. The van der Waals surface area contributed by atoms with Crippen LogP contribution >= 0.6 is 0 Å². The van der Waals surface area contributed by atoms with Gasteiger partial charge in [0, 0.05) is 11.8 Å². The molecule has 0 aliphatic rings. The molecule has 0 bridgehead atoms. The number of ether oxygens (including phenoxy) is 1. The highest BCUT2D eigenvalue weighted by Gasteiger charge is 2.30. The van der Waals surface area contributed by atoms with Crippen LogP contribution in [0, 0.1) is 0 Å². The van der Waals surface area contributed by atoms with E-state index in [1.54, 1.807) is 31.2 Å². The lowest BCUT2D eigenvalue weighted by atomic mass is 10.1. The van der Waals surface area contributed by atoms with Crippen molar-refractivity contribution in [2.75, 3.05) is 6.61 Å². The number of rotatable bonds is 4. The number of hydrogen-bond donors (Lipinski definition) is 0. The van der Waals surface area contributed by atoms with Crippen molar-refractivity contribution in [1.29, 1.82) is 0 Å². The summed E-state index contributed by atoms with van der Waals surface area (Å²) >= 11 is 0. The van der Waals surface area contributed by atoms with Gasteiger partial charge < -0.3 is 4.74 Å². The molecule has 26 heavy (non-hydrogen) atoms. The van der Waals surface area contributed by atoms with Crippen molar-refractivity contribution in [3.63, 3.8) is 0 Å². The molecule has 1 aromatic heterocycles. The number of halogens is 3. The van der Waals surface area contributed by atoms with E-state index >= 15 is 0 Å². The zero-order valence-electron chi connectivity index (χ0n) is 13.8. The van der Waals surface area contributed by atoms with Gasteiger partial charge in [-0.25, -0.2) is 9.48 Å². The first kappa shape index (κ1) is 17.7. The van der Waals surface area contributed by atoms with Crippen LogP contribution in [0.15, 0.2) is 60.8 Å². The van der Waals surface area contributed by atoms with Crippen molar-refractivity contribution in [3.05, 3.63) is 72.1 Å².